The molecule has 10 nitrogen and oxygen atoms in total. The number of carbonyl (C=O) groups is 1. The number of H-pyrrole nitrogens is 1. The van der Waals surface area contributed by atoms with Crippen LogP contribution in [0.2, 0.25) is 0 Å². The number of hydrogen-bond acceptors (Lipinski definition) is 8. The molecule has 0 radical (unpaired) electrons. The number of aryl methyl sites for hydroxylation is 1. The molecule has 1 heterocycles. The van der Waals surface area contributed by atoms with Crippen LogP contribution >= 0.6 is 0 Å². The maximum absolute atomic E-state index is 12.9. The number of nitrogens with one attached hydrogen (secondary N) is 1. The third kappa shape index (κ3) is 8.16. The van der Waals surface area contributed by atoms with Crippen LogP contribution in [0.1, 0.15) is 53.7 Å². The lowest BCUT2D eigenvalue weighted by atomic mass is 10.0. The van der Waals surface area contributed by atoms with E-state index in [9.17, 15) is 23.4 Å². The predicted octanol–water partition coefficient (Wildman–Crippen LogP) is 7.61. The number of sulfone groups is 1. The summed E-state index contributed by atoms with van der Waals surface area (Å²) in [7, 11) is -3.72. The van der Waals surface area contributed by atoms with Gasteiger partial charge in [0.2, 0.25) is 15.0 Å². The molecular weight excluding hydrogens is 632 g/mol. The fraction of sp³-hybridized carbons (Fsp3) is 0.243. The Morgan fingerprint density at radius 3 is 2.27 bits per heavy atom. The largest absolute Gasteiger partial charge is 0.507 e. The quantitative estimate of drug-likeness (QED) is 0.0902. The van der Waals surface area contributed by atoms with Crippen LogP contribution in [0.25, 0.3) is 11.3 Å². The number of aromatic amines is 1. The number of aromatic carboxylic acids is 1. The highest BCUT2D eigenvalue weighted by Crippen LogP contribution is 2.37. The second-order valence-electron chi connectivity index (χ2n) is 11.1. The van der Waals surface area contributed by atoms with Crippen LogP contribution in [0.3, 0.4) is 0 Å². The maximum atomic E-state index is 12.9. The Bertz CT molecular complexity index is 1970. The van der Waals surface area contributed by atoms with Gasteiger partial charge in [-0.05, 0) is 54.3 Å². The maximum Gasteiger partial charge on any atom is 0.339 e. The van der Waals surface area contributed by atoms with Crippen molar-refractivity contribution in [2.24, 2.45) is 0 Å². The van der Waals surface area contributed by atoms with Crippen LogP contribution in [0.15, 0.2) is 96.3 Å². The van der Waals surface area contributed by atoms with Crippen LogP contribution < -0.4 is 14.2 Å². The summed E-state index contributed by atoms with van der Waals surface area (Å²) in [6, 6.07) is 24.2. The Balaban J connectivity index is 1.22. The normalized spacial score (nSPS) is 11.3. The van der Waals surface area contributed by atoms with Gasteiger partial charge >= 0.3 is 5.97 Å². The van der Waals surface area contributed by atoms with E-state index in [1.807, 2.05) is 32.0 Å². The molecule has 0 atom stereocenters. The highest BCUT2D eigenvalue weighted by molar-refractivity contribution is 7.90. The number of aromatic nitrogens is 2. The molecule has 48 heavy (non-hydrogen) atoms. The van der Waals surface area contributed by atoms with Crippen molar-refractivity contribution in [3.63, 3.8) is 0 Å². The Morgan fingerprint density at radius 2 is 1.54 bits per heavy atom. The first-order valence-electron chi connectivity index (χ1n) is 15.8. The molecular formula is C37H38N2O8S. The van der Waals surface area contributed by atoms with E-state index >= 15 is 0 Å². The number of hydrogen-bond donors (Lipinski definition) is 3. The van der Waals surface area contributed by atoms with Gasteiger partial charge in [0.05, 0.1) is 30.9 Å². The molecule has 0 unspecified atom stereocenters. The predicted molar refractivity (Wildman–Crippen MR) is 182 cm³/mol. The van der Waals surface area contributed by atoms with Gasteiger partial charge in [-0.3, -0.25) is 0 Å². The van der Waals surface area contributed by atoms with Crippen molar-refractivity contribution in [2.45, 2.75) is 50.4 Å². The van der Waals surface area contributed by atoms with Gasteiger partial charge in [-0.15, -0.1) is 0 Å². The number of ether oxygens (including phenoxy) is 3. The molecule has 11 heteroatoms. The van der Waals surface area contributed by atoms with Gasteiger partial charge < -0.3 is 29.4 Å². The van der Waals surface area contributed by atoms with Crippen LogP contribution in [-0.4, -0.2) is 47.8 Å². The zero-order valence-electron chi connectivity index (χ0n) is 26.8. The highest BCUT2D eigenvalue weighted by Gasteiger charge is 2.21. The average Bonchev–Trinajstić information content (AvgIpc) is 3.58. The minimum atomic E-state index is -3.72. The summed E-state index contributed by atoms with van der Waals surface area (Å²) in [5.74, 6) is 0.654. The van der Waals surface area contributed by atoms with Gasteiger partial charge in [0, 0.05) is 23.6 Å². The third-order valence-electron chi connectivity index (χ3n) is 7.63. The van der Waals surface area contributed by atoms with Crippen LogP contribution in [0, 0.1) is 0 Å². The van der Waals surface area contributed by atoms with Crippen LogP contribution in [0.4, 0.5) is 0 Å². The first-order valence-corrected chi connectivity index (χ1v) is 17.4. The van der Waals surface area contributed by atoms with Crippen molar-refractivity contribution >= 4 is 15.8 Å². The molecule has 5 aromatic rings. The molecule has 0 bridgehead atoms. The topological polar surface area (TPSA) is 148 Å². The van der Waals surface area contributed by atoms with Crippen molar-refractivity contribution < 1.29 is 37.6 Å². The van der Waals surface area contributed by atoms with Crippen molar-refractivity contribution in [1.29, 1.82) is 0 Å². The first kappa shape index (κ1) is 34.1. The molecule has 0 amide bonds. The summed E-state index contributed by atoms with van der Waals surface area (Å²) >= 11 is 0. The van der Waals surface area contributed by atoms with E-state index in [0.29, 0.717) is 66.5 Å². The van der Waals surface area contributed by atoms with E-state index in [4.69, 9.17) is 14.2 Å². The van der Waals surface area contributed by atoms with E-state index in [-0.39, 0.29) is 28.0 Å². The monoisotopic (exact) mass is 670 g/mol. The molecule has 0 aliphatic rings. The first-order chi connectivity index (χ1) is 23.2. The van der Waals surface area contributed by atoms with Crippen molar-refractivity contribution in [2.75, 3.05) is 13.2 Å². The van der Waals surface area contributed by atoms with E-state index in [2.05, 4.69) is 9.97 Å². The van der Waals surface area contributed by atoms with Gasteiger partial charge in [-0.1, -0.05) is 68.8 Å². The molecule has 0 saturated heterocycles. The fourth-order valence-corrected chi connectivity index (χ4v) is 6.49. The number of aromatic hydroxyl groups is 1. The fourth-order valence-electron chi connectivity index (χ4n) is 5.25. The van der Waals surface area contributed by atoms with Gasteiger partial charge in [0.1, 0.15) is 34.3 Å². The number of nitrogens with zero attached hydrogens (tertiary/aromatic N) is 1. The number of carboxylic acids is 1. The van der Waals surface area contributed by atoms with Crippen molar-refractivity contribution in [3.05, 3.63) is 113 Å². The molecule has 1 aromatic heterocycles. The second-order valence-corrected chi connectivity index (χ2v) is 13.0. The van der Waals surface area contributed by atoms with E-state index in [1.54, 1.807) is 54.6 Å². The summed E-state index contributed by atoms with van der Waals surface area (Å²) in [6.07, 6.45) is 4.09. The van der Waals surface area contributed by atoms with Crippen LogP contribution in [-0.2, 0) is 28.4 Å². The highest BCUT2D eigenvalue weighted by atomic mass is 32.2. The molecule has 4 aromatic carbocycles. The van der Waals surface area contributed by atoms with Crippen molar-refractivity contribution in [1.82, 2.24) is 9.97 Å². The van der Waals surface area contributed by atoms with Gasteiger partial charge in [-0.2, -0.15) is 0 Å². The number of carboxylic acid groups (broad SMARTS) is 1. The average molecular weight is 671 g/mol. The summed E-state index contributed by atoms with van der Waals surface area (Å²) in [4.78, 5) is 18.6. The van der Waals surface area contributed by atoms with Gasteiger partial charge in [0.25, 0.3) is 0 Å². The Hall–Kier alpha value is -5.29. The molecule has 0 fully saturated rings. The van der Waals surface area contributed by atoms with Crippen LogP contribution in [0.5, 0.6) is 28.7 Å². The number of phenolic OH excluding ortho intramolecular Hbond substituents is 1. The van der Waals surface area contributed by atoms with Crippen molar-refractivity contribution in [3.8, 4) is 40.0 Å². The van der Waals surface area contributed by atoms with E-state index < -0.39 is 15.8 Å². The van der Waals surface area contributed by atoms with E-state index in [1.165, 1.54) is 18.3 Å². The molecule has 0 aliphatic heterocycles. The smallest absolute Gasteiger partial charge is 0.339 e. The lowest BCUT2D eigenvalue weighted by Gasteiger charge is -2.17. The molecule has 0 spiro atoms. The number of phenols is 1. The van der Waals surface area contributed by atoms with E-state index in [0.717, 1.165) is 17.5 Å². The number of benzene rings is 4. The zero-order chi connectivity index (χ0) is 34.1. The van der Waals surface area contributed by atoms with Gasteiger partial charge in [-0.25, -0.2) is 18.2 Å². The third-order valence-corrected chi connectivity index (χ3v) is 9.14. The number of imidazole rings is 1. The lowest BCUT2D eigenvalue weighted by molar-refractivity contribution is 0.0694. The molecule has 3 N–H and O–H groups in total. The summed E-state index contributed by atoms with van der Waals surface area (Å²) in [5.41, 5.74) is 3.23. The Kier molecular flexibility index (Phi) is 11.0. The Morgan fingerprint density at radius 1 is 0.854 bits per heavy atom. The minimum absolute atomic E-state index is 0.0698. The minimum Gasteiger partial charge on any atom is -0.507 e. The van der Waals surface area contributed by atoms with Gasteiger partial charge in [0.15, 0.2) is 0 Å². The number of rotatable bonds is 16. The summed E-state index contributed by atoms with van der Waals surface area (Å²) in [6.45, 7) is 4.69. The Labute approximate surface area is 279 Å². The molecule has 0 aliphatic carbocycles. The lowest BCUT2D eigenvalue weighted by Crippen LogP contribution is -2.08. The SMILES string of the molecule is CCCc1c(OCCCOc2cc(O)c(-c3cnc(S(=O)(=O)Cc4ccccc4)[nH]3)cc2CC)cccc1Oc1ccccc1C(=O)O. The second kappa shape index (κ2) is 15.5. The molecule has 5 rings (SSSR count). The number of para-hydroxylation sites is 1. The summed E-state index contributed by atoms with van der Waals surface area (Å²) in [5, 5.41) is 20.3. The summed E-state index contributed by atoms with van der Waals surface area (Å²) < 4.78 is 44.1. The standard InChI is InChI=1S/C37H38N2O8S/c1-3-12-27-32(17-10-18-33(27)47-34-16-9-8-15-28(34)36(41)42)45-19-11-20-46-35-22-31(40)29(21-26(35)4-2)30-23-38-37(39-30)48(43,44)24-25-13-6-5-7-14-25/h5-10,13-18,21-23,40H,3-4,11-12,19-20,24H2,1-2H3,(H,38,39)(H,41,42). The zero-order valence-corrected chi connectivity index (χ0v) is 27.6. The molecule has 250 valence electrons. The molecule has 0 saturated carbocycles.